The van der Waals surface area contributed by atoms with E-state index in [1.165, 1.54) is 0 Å². The number of sulfone groups is 1. The number of hydrogen-bond donors (Lipinski definition) is 3. The second-order valence-corrected chi connectivity index (χ2v) is 10.9. The van der Waals surface area contributed by atoms with Crippen LogP contribution in [0.4, 0.5) is 4.79 Å². The number of guanidine groups is 1. The Morgan fingerprint density at radius 2 is 1.83 bits per heavy atom. The molecule has 1 rings (SSSR count). The quantitative estimate of drug-likeness (QED) is 0.342. The SMILES string of the molecule is CCCCC(CNC(=O)OC(C)(C)C)NC(=NCCN1CCS(=O)(=O)CC1)NCC. The zero-order valence-corrected chi connectivity index (χ0v) is 20.1. The molecule has 1 fully saturated rings. The van der Waals surface area contributed by atoms with Crippen molar-refractivity contribution < 1.29 is 17.9 Å². The molecule has 1 aliphatic heterocycles. The largest absolute Gasteiger partial charge is 0.444 e. The van der Waals surface area contributed by atoms with Crippen molar-refractivity contribution in [3.8, 4) is 0 Å². The van der Waals surface area contributed by atoms with Crippen molar-refractivity contribution in [3.63, 3.8) is 0 Å². The zero-order chi connectivity index (χ0) is 22.6. The Kier molecular flexibility index (Phi) is 11.5. The fourth-order valence-electron chi connectivity index (χ4n) is 2.99. The van der Waals surface area contributed by atoms with Crippen LogP contribution in [-0.4, -0.2) is 87.8 Å². The maximum atomic E-state index is 12.0. The van der Waals surface area contributed by atoms with Crippen LogP contribution < -0.4 is 16.0 Å². The maximum absolute atomic E-state index is 12.0. The summed E-state index contributed by atoms with van der Waals surface area (Å²) in [5, 5.41) is 9.50. The molecule has 1 atom stereocenters. The molecule has 9 nitrogen and oxygen atoms in total. The number of rotatable bonds is 10. The number of unbranched alkanes of at least 4 members (excludes halogenated alkanes) is 1. The standard InChI is InChI=1S/C20H41N5O4S/c1-6-8-9-17(16-23-19(26)29-20(3,4)5)24-18(21-7-2)22-10-11-25-12-14-30(27,28)15-13-25/h17H,6-16H2,1-5H3,(H,23,26)(H2,21,22,24). The molecule has 0 spiro atoms. The Labute approximate surface area is 182 Å². The number of carbonyl (C=O) groups excluding carboxylic acids is 1. The average Bonchev–Trinajstić information content (AvgIpc) is 2.64. The summed E-state index contributed by atoms with van der Waals surface area (Å²) in [6.07, 6.45) is 2.58. The topological polar surface area (TPSA) is 112 Å². The summed E-state index contributed by atoms with van der Waals surface area (Å²) in [5.41, 5.74) is -0.527. The van der Waals surface area contributed by atoms with E-state index < -0.39 is 21.5 Å². The Hall–Kier alpha value is -1.55. The fourth-order valence-corrected chi connectivity index (χ4v) is 4.26. The molecule has 176 valence electrons. The van der Waals surface area contributed by atoms with Crippen LogP contribution in [0.3, 0.4) is 0 Å². The van der Waals surface area contributed by atoms with E-state index in [1.54, 1.807) is 0 Å². The van der Waals surface area contributed by atoms with Gasteiger partial charge in [-0.15, -0.1) is 0 Å². The highest BCUT2D eigenvalue weighted by atomic mass is 32.2. The van der Waals surface area contributed by atoms with Crippen molar-refractivity contribution in [3.05, 3.63) is 0 Å². The highest BCUT2D eigenvalue weighted by Gasteiger charge is 2.21. The normalized spacial score (nSPS) is 18.5. The molecule has 30 heavy (non-hydrogen) atoms. The molecule has 0 aliphatic carbocycles. The molecular formula is C20H41N5O4S. The number of alkyl carbamates (subject to hydrolysis) is 1. The van der Waals surface area contributed by atoms with Crippen molar-refractivity contribution in [2.24, 2.45) is 4.99 Å². The second-order valence-electron chi connectivity index (χ2n) is 8.62. The Morgan fingerprint density at radius 1 is 1.17 bits per heavy atom. The van der Waals surface area contributed by atoms with Gasteiger partial charge in [-0.25, -0.2) is 13.2 Å². The molecule has 1 saturated heterocycles. The Bertz CT molecular complexity index is 632. The smallest absolute Gasteiger partial charge is 0.407 e. The van der Waals surface area contributed by atoms with E-state index in [1.807, 2.05) is 27.7 Å². The van der Waals surface area contributed by atoms with Crippen molar-refractivity contribution in [1.29, 1.82) is 0 Å². The molecule has 10 heteroatoms. The molecule has 0 bridgehead atoms. The van der Waals surface area contributed by atoms with Crippen LogP contribution in [0.25, 0.3) is 0 Å². The van der Waals surface area contributed by atoms with Gasteiger partial charge in [-0.3, -0.25) is 9.89 Å². The van der Waals surface area contributed by atoms with E-state index in [-0.39, 0.29) is 17.5 Å². The van der Waals surface area contributed by atoms with Crippen molar-refractivity contribution in [2.45, 2.75) is 65.5 Å². The number of carbonyl (C=O) groups is 1. The van der Waals surface area contributed by atoms with Gasteiger partial charge in [-0.05, 0) is 34.1 Å². The molecule has 1 heterocycles. The number of ether oxygens (including phenoxy) is 1. The van der Waals surface area contributed by atoms with E-state index in [2.05, 4.69) is 32.8 Å². The third kappa shape index (κ3) is 12.2. The molecule has 0 saturated carbocycles. The third-order valence-corrected chi connectivity index (χ3v) is 6.22. The summed E-state index contributed by atoms with van der Waals surface area (Å²) in [6.45, 7) is 13.3. The molecule has 0 aromatic heterocycles. The first-order chi connectivity index (χ1) is 14.0. The summed E-state index contributed by atoms with van der Waals surface area (Å²) < 4.78 is 28.4. The van der Waals surface area contributed by atoms with Crippen LogP contribution in [0.5, 0.6) is 0 Å². The van der Waals surface area contributed by atoms with Crippen LogP contribution in [0.15, 0.2) is 4.99 Å². The van der Waals surface area contributed by atoms with Crippen LogP contribution >= 0.6 is 0 Å². The minimum absolute atomic E-state index is 0.0374. The second kappa shape index (κ2) is 13.0. The number of nitrogens with zero attached hydrogens (tertiary/aromatic N) is 2. The predicted molar refractivity (Wildman–Crippen MR) is 122 cm³/mol. The monoisotopic (exact) mass is 447 g/mol. The highest BCUT2D eigenvalue weighted by molar-refractivity contribution is 7.91. The summed E-state index contributed by atoms with van der Waals surface area (Å²) in [7, 11) is -2.86. The maximum Gasteiger partial charge on any atom is 0.407 e. The van der Waals surface area contributed by atoms with E-state index in [0.717, 1.165) is 32.4 Å². The minimum Gasteiger partial charge on any atom is -0.444 e. The number of aliphatic imine (C=N–C) groups is 1. The first kappa shape index (κ1) is 26.5. The average molecular weight is 448 g/mol. The molecule has 1 amide bonds. The van der Waals surface area contributed by atoms with Gasteiger partial charge in [0.1, 0.15) is 5.60 Å². The zero-order valence-electron chi connectivity index (χ0n) is 19.3. The van der Waals surface area contributed by atoms with Crippen LogP contribution in [0.1, 0.15) is 53.9 Å². The van der Waals surface area contributed by atoms with Crippen molar-refractivity contribution in [1.82, 2.24) is 20.9 Å². The van der Waals surface area contributed by atoms with Crippen LogP contribution in [0.2, 0.25) is 0 Å². The molecule has 3 N–H and O–H groups in total. The van der Waals surface area contributed by atoms with Gasteiger partial charge in [0.05, 0.1) is 18.1 Å². The van der Waals surface area contributed by atoms with Gasteiger partial charge >= 0.3 is 6.09 Å². The van der Waals surface area contributed by atoms with E-state index in [0.29, 0.717) is 32.1 Å². The van der Waals surface area contributed by atoms with Crippen molar-refractivity contribution >= 4 is 21.9 Å². The summed E-state index contributed by atoms with van der Waals surface area (Å²) in [5.74, 6) is 1.16. The van der Waals surface area contributed by atoms with Gasteiger partial charge in [0, 0.05) is 38.8 Å². The molecule has 1 unspecified atom stereocenters. The van der Waals surface area contributed by atoms with E-state index in [9.17, 15) is 13.2 Å². The van der Waals surface area contributed by atoms with Crippen LogP contribution in [-0.2, 0) is 14.6 Å². The third-order valence-electron chi connectivity index (χ3n) is 4.61. The first-order valence-electron chi connectivity index (χ1n) is 11.0. The van der Waals surface area contributed by atoms with Gasteiger partial charge in [0.25, 0.3) is 0 Å². The molecule has 0 aromatic rings. The molecule has 1 aliphatic rings. The predicted octanol–water partition coefficient (Wildman–Crippen LogP) is 1.36. The summed E-state index contributed by atoms with van der Waals surface area (Å²) >= 11 is 0. The highest BCUT2D eigenvalue weighted by Crippen LogP contribution is 2.07. The van der Waals surface area contributed by atoms with Crippen molar-refractivity contribution in [2.75, 3.05) is 50.8 Å². The lowest BCUT2D eigenvalue weighted by atomic mass is 10.1. The minimum atomic E-state index is -2.86. The van der Waals surface area contributed by atoms with Crippen LogP contribution in [0, 0.1) is 0 Å². The Balaban J connectivity index is 2.57. The lowest BCUT2D eigenvalue weighted by Crippen LogP contribution is -2.49. The van der Waals surface area contributed by atoms with E-state index in [4.69, 9.17) is 4.74 Å². The van der Waals surface area contributed by atoms with E-state index >= 15 is 0 Å². The van der Waals surface area contributed by atoms with Gasteiger partial charge in [0.15, 0.2) is 15.8 Å². The van der Waals surface area contributed by atoms with Gasteiger partial charge < -0.3 is 20.7 Å². The lowest BCUT2D eigenvalue weighted by molar-refractivity contribution is 0.0522. The van der Waals surface area contributed by atoms with Gasteiger partial charge in [-0.1, -0.05) is 19.8 Å². The van der Waals surface area contributed by atoms with Gasteiger partial charge in [-0.2, -0.15) is 0 Å². The molecule has 0 radical (unpaired) electrons. The lowest BCUT2D eigenvalue weighted by Gasteiger charge is -2.26. The first-order valence-corrected chi connectivity index (χ1v) is 12.8. The number of amides is 1. The number of nitrogens with one attached hydrogen (secondary N) is 3. The van der Waals surface area contributed by atoms with Gasteiger partial charge in [0.2, 0.25) is 0 Å². The summed E-state index contributed by atoms with van der Waals surface area (Å²) in [6, 6.07) is 0.0374. The summed E-state index contributed by atoms with van der Waals surface area (Å²) in [4.78, 5) is 18.8. The molecule has 0 aromatic carbocycles. The fraction of sp³-hybridized carbons (Fsp3) is 0.900. The molecular weight excluding hydrogens is 406 g/mol. The Morgan fingerprint density at radius 3 is 2.40 bits per heavy atom. The number of hydrogen-bond acceptors (Lipinski definition) is 6.